The lowest BCUT2D eigenvalue weighted by molar-refractivity contribution is -0.117. The molecule has 1 aromatic rings. The predicted molar refractivity (Wildman–Crippen MR) is 56.1 cm³/mol. The van der Waals surface area contributed by atoms with Gasteiger partial charge in [0.05, 0.1) is 12.2 Å². The molecule has 2 rings (SSSR count). The molecule has 14 heavy (non-hydrogen) atoms. The summed E-state index contributed by atoms with van der Waals surface area (Å²) in [6.07, 6.45) is 1.66. The van der Waals surface area contributed by atoms with Crippen LogP contribution in [0.3, 0.4) is 0 Å². The molecule has 0 saturated carbocycles. The highest BCUT2D eigenvalue weighted by atomic mass is 32.2. The molecule has 0 spiro atoms. The fraction of sp³-hybridized carbons (Fsp3) is 0.500. The van der Waals surface area contributed by atoms with Gasteiger partial charge in [0.25, 0.3) is 0 Å². The summed E-state index contributed by atoms with van der Waals surface area (Å²) in [7, 11) is 1.80. The fourth-order valence-electron chi connectivity index (χ4n) is 1.27. The first kappa shape index (κ1) is 9.54. The van der Waals surface area contributed by atoms with E-state index in [-0.39, 0.29) is 11.9 Å². The Morgan fingerprint density at radius 2 is 2.71 bits per heavy atom. The second kappa shape index (κ2) is 4.02. The Balaban J connectivity index is 1.97. The molecule has 2 heterocycles. The van der Waals surface area contributed by atoms with Gasteiger partial charge in [-0.15, -0.1) is 11.8 Å². The van der Waals surface area contributed by atoms with Crippen molar-refractivity contribution < 1.29 is 4.79 Å². The fourth-order valence-corrected chi connectivity index (χ4v) is 2.22. The van der Waals surface area contributed by atoms with Crippen LogP contribution in [0.15, 0.2) is 12.3 Å². The number of hydrogen-bond acceptors (Lipinski definition) is 4. The Morgan fingerprint density at radius 3 is 3.29 bits per heavy atom. The van der Waals surface area contributed by atoms with E-state index in [1.54, 1.807) is 35.8 Å². The Kier molecular flexibility index (Phi) is 2.74. The average Bonchev–Trinajstić information content (AvgIpc) is 2.77. The van der Waals surface area contributed by atoms with Gasteiger partial charge in [0.15, 0.2) is 0 Å². The largest absolute Gasteiger partial charge is 0.310 e. The Bertz CT molecular complexity index is 332. The smallest absolute Gasteiger partial charge is 0.243 e. The number of nitrogens with zero attached hydrogens (tertiary/aromatic N) is 2. The minimum absolute atomic E-state index is 0.0126. The third-order valence-corrected chi connectivity index (χ3v) is 3.04. The lowest BCUT2D eigenvalue weighted by Crippen LogP contribution is -2.37. The second-order valence-electron chi connectivity index (χ2n) is 3.10. The zero-order chi connectivity index (χ0) is 9.97. The molecule has 76 valence electrons. The summed E-state index contributed by atoms with van der Waals surface area (Å²) in [5, 5.41) is 9.90. The van der Waals surface area contributed by atoms with E-state index in [0.717, 1.165) is 17.4 Å². The molecule has 1 fully saturated rings. The molecule has 1 aliphatic rings. The van der Waals surface area contributed by atoms with Crippen molar-refractivity contribution in [3.8, 4) is 0 Å². The van der Waals surface area contributed by atoms with Gasteiger partial charge < -0.3 is 5.32 Å². The number of aryl methyl sites for hydroxylation is 1. The summed E-state index contributed by atoms with van der Waals surface area (Å²) in [5.74, 6) is 2.43. The molecular formula is C8H12N4OS. The molecular weight excluding hydrogens is 200 g/mol. The molecule has 1 unspecified atom stereocenters. The van der Waals surface area contributed by atoms with Gasteiger partial charge in [-0.05, 0) is 0 Å². The van der Waals surface area contributed by atoms with Crippen molar-refractivity contribution in [2.45, 2.75) is 6.04 Å². The Morgan fingerprint density at radius 1 is 1.86 bits per heavy atom. The molecule has 2 N–H and O–H groups in total. The van der Waals surface area contributed by atoms with Crippen LogP contribution in [0.2, 0.25) is 0 Å². The lowest BCUT2D eigenvalue weighted by Gasteiger charge is -2.09. The number of thioether (sulfide) groups is 1. The second-order valence-corrected chi connectivity index (χ2v) is 4.13. The van der Waals surface area contributed by atoms with Crippen molar-refractivity contribution in [3.63, 3.8) is 0 Å². The normalized spacial score (nSPS) is 21.1. The maximum Gasteiger partial charge on any atom is 0.243 e. The first-order chi connectivity index (χ1) is 6.77. The van der Waals surface area contributed by atoms with E-state index >= 15 is 0 Å². The standard InChI is InChI=1S/C8H12N4OS/c1-12-7(2-3-10-12)11-8(13)6-4-14-5-9-6/h2-3,6,9H,4-5H2,1H3,(H,11,13). The highest BCUT2D eigenvalue weighted by Crippen LogP contribution is 2.11. The molecule has 0 aliphatic carbocycles. The van der Waals surface area contributed by atoms with E-state index in [1.807, 2.05) is 0 Å². The summed E-state index contributed by atoms with van der Waals surface area (Å²) in [4.78, 5) is 11.6. The van der Waals surface area contributed by atoms with Crippen molar-refractivity contribution in [2.75, 3.05) is 16.9 Å². The maximum atomic E-state index is 11.6. The Hall–Kier alpha value is -1.01. The summed E-state index contributed by atoms with van der Waals surface area (Å²) >= 11 is 1.73. The molecule has 0 bridgehead atoms. The topological polar surface area (TPSA) is 59.0 Å². The molecule has 1 amide bonds. The monoisotopic (exact) mass is 212 g/mol. The van der Waals surface area contributed by atoms with Crippen molar-refractivity contribution in [1.29, 1.82) is 0 Å². The number of aromatic nitrogens is 2. The van der Waals surface area contributed by atoms with Gasteiger partial charge in [-0.3, -0.25) is 14.8 Å². The van der Waals surface area contributed by atoms with E-state index in [1.165, 1.54) is 0 Å². The van der Waals surface area contributed by atoms with E-state index in [2.05, 4.69) is 15.7 Å². The van der Waals surface area contributed by atoms with E-state index in [9.17, 15) is 4.79 Å². The molecule has 1 atom stereocenters. The van der Waals surface area contributed by atoms with Crippen LogP contribution in [0.1, 0.15) is 0 Å². The third-order valence-electron chi connectivity index (χ3n) is 2.10. The van der Waals surface area contributed by atoms with Crippen molar-refractivity contribution in [3.05, 3.63) is 12.3 Å². The van der Waals surface area contributed by atoms with Gasteiger partial charge in [-0.1, -0.05) is 0 Å². The van der Waals surface area contributed by atoms with Crippen molar-refractivity contribution in [2.24, 2.45) is 7.05 Å². The minimum Gasteiger partial charge on any atom is -0.310 e. The van der Waals surface area contributed by atoms with Gasteiger partial charge in [-0.25, -0.2) is 0 Å². The maximum absolute atomic E-state index is 11.6. The van der Waals surface area contributed by atoms with E-state index in [4.69, 9.17) is 0 Å². The van der Waals surface area contributed by atoms with Gasteiger partial charge >= 0.3 is 0 Å². The number of amides is 1. The molecule has 6 heteroatoms. The summed E-state index contributed by atoms with van der Waals surface area (Å²) in [6.45, 7) is 0. The van der Waals surface area contributed by atoms with Crippen LogP contribution in [0.5, 0.6) is 0 Å². The van der Waals surface area contributed by atoms with E-state index in [0.29, 0.717) is 0 Å². The minimum atomic E-state index is -0.0742. The van der Waals surface area contributed by atoms with Crippen molar-refractivity contribution >= 4 is 23.5 Å². The van der Waals surface area contributed by atoms with Crippen LogP contribution in [0.4, 0.5) is 5.82 Å². The van der Waals surface area contributed by atoms with Gasteiger partial charge in [0.2, 0.25) is 5.91 Å². The van der Waals surface area contributed by atoms with Crippen LogP contribution >= 0.6 is 11.8 Å². The number of anilines is 1. The Labute approximate surface area is 86.2 Å². The van der Waals surface area contributed by atoms with Gasteiger partial charge in [0.1, 0.15) is 5.82 Å². The van der Waals surface area contributed by atoms with Crippen LogP contribution in [0.25, 0.3) is 0 Å². The first-order valence-electron chi connectivity index (χ1n) is 4.37. The van der Waals surface area contributed by atoms with Gasteiger partial charge in [0, 0.05) is 24.7 Å². The van der Waals surface area contributed by atoms with Crippen LogP contribution in [0, 0.1) is 0 Å². The highest BCUT2D eigenvalue weighted by molar-refractivity contribution is 7.99. The molecule has 0 radical (unpaired) electrons. The number of rotatable bonds is 2. The van der Waals surface area contributed by atoms with Gasteiger partial charge in [-0.2, -0.15) is 5.10 Å². The zero-order valence-corrected chi connectivity index (χ0v) is 8.67. The summed E-state index contributed by atoms with van der Waals surface area (Å²) in [5.41, 5.74) is 0. The lowest BCUT2D eigenvalue weighted by atomic mass is 10.3. The first-order valence-corrected chi connectivity index (χ1v) is 5.53. The van der Waals surface area contributed by atoms with Crippen LogP contribution < -0.4 is 10.6 Å². The van der Waals surface area contributed by atoms with E-state index < -0.39 is 0 Å². The number of nitrogens with one attached hydrogen (secondary N) is 2. The van der Waals surface area contributed by atoms with Crippen LogP contribution in [-0.2, 0) is 11.8 Å². The van der Waals surface area contributed by atoms with Crippen molar-refractivity contribution in [1.82, 2.24) is 15.1 Å². The molecule has 1 aromatic heterocycles. The average molecular weight is 212 g/mol. The summed E-state index contributed by atoms with van der Waals surface area (Å²) in [6, 6.07) is 1.70. The number of carbonyl (C=O) groups excluding carboxylic acids is 1. The predicted octanol–water partition coefficient (Wildman–Crippen LogP) is 0.0211. The molecule has 1 saturated heterocycles. The summed E-state index contributed by atoms with van der Waals surface area (Å²) < 4.78 is 1.64. The third kappa shape index (κ3) is 1.91. The quantitative estimate of drug-likeness (QED) is 0.725. The molecule has 1 aliphatic heterocycles. The number of hydrogen-bond donors (Lipinski definition) is 2. The van der Waals surface area contributed by atoms with Crippen LogP contribution in [-0.4, -0.2) is 33.4 Å². The zero-order valence-electron chi connectivity index (χ0n) is 7.86. The molecule has 0 aromatic carbocycles. The SMILES string of the molecule is Cn1nccc1NC(=O)C1CSCN1. The number of carbonyl (C=O) groups is 1. The highest BCUT2D eigenvalue weighted by Gasteiger charge is 2.22. The molecule has 5 nitrogen and oxygen atoms in total.